The summed E-state index contributed by atoms with van der Waals surface area (Å²) in [6.45, 7) is 1.28. The Balaban J connectivity index is 1.36. The molecule has 26 heavy (non-hydrogen) atoms. The van der Waals surface area contributed by atoms with Crippen LogP contribution in [0.5, 0.6) is 5.75 Å². The molecule has 0 bridgehead atoms. The SMILES string of the molecule is O=C(c1cnn(-c2ccccc2)n1)N1CCC(Oc2cccnc2)CC1. The first-order chi connectivity index (χ1) is 12.8. The molecule has 7 heteroatoms. The van der Waals surface area contributed by atoms with Gasteiger partial charge >= 0.3 is 0 Å². The number of nitrogens with zero attached hydrogens (tertiary/aromatic N) is 5. The summed E-state index contributed by atoms with van der Waals surface area (Å²) in [5.41, 5.74) is 1.19. The zero-order chi connectivity index (χ0) is 17.8. The zero-order valence-electron chi connectivity index (χ0n) is 14.2. The second-order valence-corrected chi connectivity index (χ2v) is 6.15. The smallest absolute Gasteiger partial charge is 0.276 e. The van der Waals surface area contributed by atoms with Crippen molar-refractivity contribution in [2.24, 2.45) is 0 Å². The lowest BCUT2D eigenvalue weighted by Gasteiger charge is -2.31. The van der Waals surface area contributed by atoms with Crippen molar-refractivity contribution >= 4 is 5.91 Å². The van der Waals surface area contributed by atoms with Crippen molar-refractivity contribution in [1.82, 2.24) is 24.9 Å². The average Bonchev–Trinajstić information content (AvgIpc) is 3.20. The Morgan fingerprint density at radius 1 is 1.04 bits per heavy atom. The van der Waals surface area contributed by atoms with Gasteiger partial charge in [0.15, 0.2) is 5.69 Å². The van der Waals surface area contributed by atoms with Crippen LogP contribution in [0.15, 0.2) is 61.1 Å². The van der Waals surface area contributed by atoms with Gasteiger partial charge in [-0.1, -0.05) is 18.2 Å². The van der Waals surface area contributed by atoms with E-state index < -0.39 is 0 Å². The molecule has 7 nitrogen and oxygen atoms in total. The Morgan fingerprint density at radius 3 is 2.58 bits per heavy atom. The summed E-state index contributed by atoms with van der Waals surface area (Å²) in [5.74, 6) is 0.676. The fourth-order valence-corrected chi connectivity index (χ4v) is 2.99. The van der Waals surface area contributed by atoms with Gasteiger partial charge in [-0.25, -0.2) is 0 Å². The maximum absolute atomic E-state index is 12.7. The topological polar surface area (TPSA) is 73.1 Å². The Hall–Kier alpha value is -3.22. The Bertz CT molecular complexity index is 858. The number of aromatic nitrogens is 4. The van der Waals surface area contributed by atoms with Gasteiger partial charge in [0.25, 0.3) is 5.91 Å². The normalized spacial score (nSPS) is 15.0. The number of hydrogen-bond acceptors (Lipinski definition) is 5. The maximum atomic E-state index is 12.7. The number of benzene rings is 1. The molecule has 1 fully saturated rings. The van der Waals surface area contributed by atoms with E-state index in [-0.39, 0.29) is 12.0 Å². The summed E-state index contributed by atoms with van der Waals surface area (Å²) in [6.07, 6.45) is 6.62. The molecular formula is C19H19N5O2. The van der Waals surface area contributed by atoms with Crippen molar-refractivity contribution in [3.63, 3.8) is 0 Å². The van der Waals surface area contributed by atoms with Crippen molar-refractivity contribution in [2.75, 3.05) is 13.1 Å². The van der Waals surface area contributed by atoms with Gasteiger partial charge in [-0.05, 0) is 24.3 Å². The van der Waals surface area contributed by atoms with Crippen LogP contribution in [-0.4, -0.2) is 50.0 Å². The van der Waals surface area contributed by atoms with Crippen molar-refractivity contribution in [3.05, 3.63) is 66.7 Å². The number of piperidine rings is 1. The van der Waals surface area contributed by atoms with E-state index in [4.69, 9.17) is 4.74 Å². The minimum absolute atomic E-state index is 0.0907. The molecule has 132 valence electrons. The van der Waals surface area contributed by atoms with Gasteiger partial charge < -0.3 is 9.64 Å². The van der Waals surface area contributed by atoms with Gasteiger partial charge in [-0.15, -0.1) is 5.10 Å². The third-order valence-corrected chi connectivity index (χ3v) is 4.36. The first-order valence-electron chi connectivity index (χ1n) is 8.63. The fraction of sp³-hybridized carbons (Fsp3) is 0.263. The van der Waals surface area contributed by atoms with E-state index in [1.165, 1.54) is 11.0 Å². The predicted octanol–water partition coefficient (Wildman–Crippen LogP) is 2.35. The molecule has 0 spiro atoms. The molecular weight excluding hydrogens is 330 g/mol. The minimum Gasteiger partial charge on any atom is -0.489 e. The van der Waals surface area contributed by atoms with Crippen LogP contribution in [0.25, 0.3) is 5.69 Å². The van der Waals surface area contributed by atoms with Crippen LogP contribution in [0.3, 0.4) is 0 Å². The van der Waals surface area contributed by atoms with Crippen LogP contribution in [0.2, 0.25) is 0 Å². The van der Waals surface area contributed by atoms with Crippen LogP contribution in [0.4, 0.5) is 0 Å². The highest BCUT2D eigenvalue weighted by Crippen LogP contribution is 2.19. The highest BCUT2D eigenvalue weighted by molar-refractivity contribution is 5.92. The molecule has 0 unspecified atom stereocenters. The molecule has 1 amide bonds. The molecule has 0 atom stereocenters. The van der Waals surface area contributed by atoms with Gasteiger partial charge in [0, 0.05) is 32.1 Å². The monoisotopic (exact) mass is 349 g/mol. The quantitative estimate of drug-likeness (QED) is 0.723. The lowest BCUT2D eigenvalue weighted by molar-refractivity contribution is 0.0589. The number of amides is 1. The van der Waals surface area contributed by atoms with Crippen LogP contribution < -0.4 is 4.74 Å². The molecule has 3 aromatic rings. The predicted molar refractivity (Wildman–Crippen MR) is 95.1 cm³/mol. The molecule has 0 radical (unpaired) electrons. The van der Waals surface area contributed by atoms with E-state index in [1.807, 2.05) is 47.4 Å². The number of carbonyl (C=O) groups is 1. The minimum atomic E-state index is -0.0907. The second-order valence-electron chi connectivity index (χ2n) is 6.15. The largest absolute Gasteiger partial charge is 0.489 e. The third-order valence-electron chi connectivity index (χ3n) is 4.36. The van der Waals surface area contributed by atoms with Gasteiger partial charge in [-0.3, -0.25) is 9.78 Å². The lowest BCUT2D eigenvalue weighted by Crippen LogP contribution is -2.42. The van der Waals surface area contributed by atoms with Gasteiger partial charge in [0.2, 0.25) is 0 Å². The van der Waals surface area contributed by atoms with Crippen LogP contribution >= 0.6 is 0 Å². The zero-order valence-corrected chi connectivity index (χ0v) is 14.2. The molecule has 3 heterocycles. The summed E-state index contributed by atoms with van der Waals surface area (Å²) in [4.78, 5) is 20.0. The number of hydrogen-bond donors (Lipinski definition) is 0. The summed E-state index contributed by atoms with van der Waals surface area (Å²) in [6, 6.07) is 13.3. The summed E-state index contributed by atoms with van der Waals surface area (Å²) < 4.78 is 5.92. The molecule has 0 saturated carbocycles. The number of likely N-dealkylation sites (tertiary alicyclic amines) is 1. The molecule has 1 aliphatic rings. The lowest BCUT2D eigenvalue weighted by atomic mass is 10.1. The molecule has 0 aliphatic carbocycles. The van der Waals surface area contributed by atoms with Gasteiger partial charge in [0.1, 0.15) is 11.9 Å². The van der Waals surface area contributed by atoms with E-state index in [2.05, 4.69) is 15.2 Å². The molecule has 1 aromatic carbocycles. The number of pyridine rings is 1. The molecule has 1 aliphatic heterocycles. The standard InChI is InChI=1S/C19H19N5O2/c25-19(18-14-21-24(22-18)15-5-2-1-3-6-15)23-11-8-16(9-12-23)26-17-7-4-10-20-13-17/h1-7,10,13-14,16H,8-9,11-12H2. The summed E-state index contributed by atoms with van der Waals surface area (Å²) in [5, 5.41) is 8.52. The molecule has 0 N–H and O–H groups in total. The molecule has 2 aromatic heterocycles. The van der Waals surface area contributed by atoms with Crippen LogP contribution in [0, 0.1) is 0 Å². The Kier molecular flexibility index (Phi) is 4.59. The van der Waals surface area contributed by atoms with Crippen molar-refractivity contribution in [1.29, 1.82) is 0 Å². The van der Waals surface area contributed by atoms with Crippen LogP contribution in [-0.2, 0) is 0 Å². The van der Waals surface area contributed by atoms with Crippen molar-refractivity contribution < 1.29 is 9.53 Å². The number of para-hydroxylation sites is 1. The Labute approximate surface area is 151 Å². The highest BCUT2D eigenvalue weighted by Gasteiger charge is 2.26. The van der Waals surface area contributed by atoms with E-state index in [1.54, 1.807) is 12.4 Å². The maximum Gasteiger partial charge on any atom is 0.276 e. The van der Waals surface area contributed by atoms with Crippen LogP contribution in [0.1, 0.15) is 23.3 Å². The Morgan fingerprint density at radius 2 is 1.85 bits per heavy atom. The number of ether oxygens (including phenoxy) is 1. The van der Waals surface area contributed by atoms with E-state index >= 15 is 0 Å². The second kappa shape index (κ2) is 7.35. The molecule has 1 saturated heterocycles. The van der Waals surface area contributed by atoms with Gasteiger partial charge in [-0.2, -0.15) is 9.90 Å². The van der Waals surface area contributed by atoms with Crippen molar-refractivity contribution in [3.8, 4) is 11.4 Å². The van der Waals surface area contributed by atoms with E-state index in [0.717, 1.165) is 24.3 Å². The van der Waals surface area contributed by atoms with Gasteiger partial charge in [0.05, 0.1) is 18.1 Å². The first kappa shape index (κ1) is 16.3. The highest BCUT2D eigenvalue weighted by atomic mass is 16.5. The van der Waals surface area contributed by atoms with E-state index in [9.17, 15) is 4.79 Å². The number of rotatable bonds is 4. The molecule has 4 rings (SSSR count). The fourth-order valence-electron chi connectivity index (χ4n) is 2.99. The van der Waals surface area contributed by atoms with Crippen molar-refractivity contribution in [2.45, 2.75) is 18.9 Å². The average molecular weight is 349 g/mol. The number of carbonyl (C=O) groups excluding carboxylic acids is 1. The van der Waals surface area contributed by atoms with E-state index in [0.29, 0.717) is 18.8 Å². The third kappa shape index (κ3) is 3.56. The first-order valence-corrected chi connectivity index (χ1v) is 8.63. The summed E-state index contributed by atoms with van der Waals surface area (Å²) >= 11 is 0. The summed E-state index contributed by atoms with van der Waals surface area (Å²) in [7, 11) is 0.